The van der Waals surface area contributed by atoms with Gasteiger partial charge < -0.3 is 25.0 Å². The Morgan fingerprint density at radius 3 is 2.72 bits per heavy atom. The highest BCUT2D eigenvalue weighted by molar-refractivity contribution is 5.80. The van der Waals surface area contributed by atoms with E-state index in [1.807, 2.05) is 43.0 Å². The van der Waals surface area contributed by atoms with Crippen molar-refractivity contribution in [3.63, 3.8) is 0 Å². The molecule has 0 aliphatic carbocycles. The minimum atomic E-state index is -0.0665. The third-order valence-electron chi connectivity index (χ3n) is 5.02. The van der Waals surface area contributed by atoms with Crippen molar-refractivity contribution in [2.45, 2.75) is 58.6 Å². The van der Waals surface area contributed by atoms with Gasteiger partial charge in [-0.2, -0.15) is 0 Å². The average Bonchev–Trinajstić information content (AvgIpc) is 3.15. The summed E-state index contributed by atoms with van der Waals surface area (Å²) in [5, 5.41) is 6.66. The van der Waals surface area contributed by atoms with Crippen LogP contribution in [0.5, 0.6) is 11.5 Å². The van der Waals surface area contributed by atoms with Crippen molar-refractivity contribution in [3.8, 4) is 11.5 Å². The van der Waals surface area contributed by atoms with Gasteiger partial charge in [-0.05, 0) is 45.2 Å². The number of aliphatic imine (C=N–C) groups is 1. The molecule has 2 rings (SSSR count). The van der Waals surface area contributed by atoms with E-state index in [2.05, 4.69) is 22.5 Å². The van der Waals surface area contributed by atoms with E-state index in [0.717, 1.165) is 56.4 Å². The van der Waals surface area contributed by atoms with Gasteiger partial charge in [-0.3, -0.25) is 4.79 Å². The number of guanidine groups is 1. The Labute approximate surface area is 174 Å². The van der Waals surface area contributed by atoms with Crippen LogP contribution in [-0.4, -0.2) is 62.2 Å². The van der Waals surface area contributed by atoms with Crippen LogP contribution in [0.25, 0.3) is 0 Å². The molecule has 1 heterocycles. The fourth-order valence-electron chi connectivity index (χ4n) is 3.50. The Morgan fingerprint density at radius 1 is 1.28 bits per heavy atom. The third-order valence-corrected chi connectivity index (χ3v) is 5.02. The molecule has 1 aromatic carbocycles. The number of benzene rings is 1. The van der Waals surface area contributed by atoms with Crippen LogP contribution in [0.4, 0.5) is 0 Å². The van der Waals surface area contributed by atoms with Crippen LogP contribution in [0.2, 0.25) is 0 Å². The van der Waals surface area contributed by atoms with E-state index in [9.17, 15) is 4.79 Å². The van der Waals surface area contributed by atoms with Crippen molar-refractivity contribution in [1.29, 1.82) is 0 Å². The molecule has 0 radical (unpaired) electrons. The van der Waals surface area contributed by atoms with Crippen LogP contribution in [-0.2, 0) is 4.79 Å². The second-order valence-electron chi connectivity index (χ2n) is 7.30. The van der Waals surface area contributed by atoms with Gasteiger partial charge in [0.25, 0.3) is 0 Å². The Bertz CT molecular complexity index is 665. The lowest BCUT2D eigenvalue weighted by atomic mass is 10.1. The molecule has 2 N–H and O–H groups in total. The van der Waals surface area contributed by atoms with Crippen molar-refractivity contribution in [1.82, 2.24) is 15.5 Å². The average molecular weight is 405 g/mol. The van der Waals surface area contributed by atoms with Crippen molar-refractivity contribution < 1.29 is 14.3 Å². The summed E-state index contributed by atoms with van der Waals surface area (Å²) in [7, 11) is 1.64. The predicted octanol–water partition coefficient (Wildman–Crippen LogP) is 2.81. The van der Waals surface area contributed by atoms with Gasteiger partial charge in [0.05, 0.1) is 13.7 Å². The van der Waals surface area contributed by atoms with Crippen molar-refractivity contribution in [2.24, 2.45) is 4.99 Å². The zero-order chi connectivity index (χ0) is 21.1. The number of hydrogen-bond acceptors (Lipinski definition) is 4. The molecule has 0 saturated carbocycles. The van der Waals surface area contributed by atoms with Gasteiger partial charge in [0.1, 0.15) is 17.6 Å². The van der Waals surface area contributed by atoms with E-state index in [1.165, 1.54) is 0 Å². The summed E-state index contributed by atoms with van der Waals surface area (Å²) in [5.74, 6) is 2.61. The molecule has 1 aromatic rings. The first-order valence-electron chi connectivity index (χ1n) is 10.7. The lowest BCUT2D eigenvalue weighted by Crippen LogP contribution is -2.42. The van der Waals surface area contributed by atoms with Gasteiger partial charge in [0.15, 0.2) is 5.96 Å². The highest BCUT2D eigenvalue weighted by Crippen LogP contribution is 2.20. The summed E-state index contributed by atoms with van der Waals surface area (Å²) in [6.07, 6.45) is 3.51. The molecule has 1 aliphatic heterocycles. The van der Waals surface area contributed by atoms with Gasteiger partial charge >= 0.3 is 0 Å². The van der Waals surface area contributed by atoms with E-state index in [1.54, 1.807) is 7.11 Å². The fourth-order valence-corrected chi connectivity index (χ4v) is 3.50. The molecule has 2 atom stereocenters. The number of nitrogens with zero attached hydrogens (tertiary/aromatic N) is 2. The summed E-state index contributed by atoms with van der Waals surface area (Å²) >= 11 is 0. The molecule has 7 nitrogen and oxygen atoms in total. The van der Waals surface area contributed by atoms with Crippen LogP contribution >= 0.6 is 0 Å². The van der Waals surface area contributed by atoms with Gasteiger partial charge in [0.2, 0.25) is 5.91 Å². The number of amides is 1. The van der Waals surface area contributed by atoms with Crippen LogP contribution in [0.1, 0.15) is 46.5 Å². The zero-order valence-corrected chi connectivity index (χ0v) is 18.2. The topological polar surface area (TPSA) is 75.2 Å². The molecule has 29 heavy (non-hydrogen) atoms. The van der Waals surface area contributed by atoms with Crippen molar-refractivity contribution in [2.75, 3.05) is 33.3 Å². The molecular formula is C22H36N4O3. The number of carbonyl (C=O) groups is 1. The fraction of sp³-hybridized carbons (Fsp3) is 0.636. The minimum Gasteiger partial charge on any atom is -0.497 e. The van der Waals surface area contributed by atoms with E-state index >= 15 is 0 Å². The standard InChI is InChI=1S/C22H36N4O3/c1-5-18(26-14-8-11-21(26)27)12-13-24-22(23-6-2)25-16-17(3)29-20-10-7-9-19(15-20)28-4/h7,9-10,15,17-18H,5-6,8,11-14,16H2,1-4H3,(H2,23,24,25). The predicted molar refractivity (Wildman–Crippen MR) is 117 cm³/mol. The maximum Gasteiger partial charge on any atom is 0.222 e. The summed E-state index contributed by atoms with van der Waals surface area (Å²) < 4.78 is 11.2. The molecule has 7 heteroatoms. The molecule has 162 valence electrons. The summed E-state index contributed by atoms with van der Waals surface area (Å²) in [4.78, 5) is 18.7. The number of methoxy groups -OCH3 is 1. The molecule has 1 aliphatic rings. The molecule has 0 bridgehead atoms. The highest BCUT2D eigenvalue weighted by atomic mass is 16.5. The Kier molecular flexibility index (Phi) is 9.60. The zero-order valence-electron chi connectivity index (χ0n) is 18.2. The summed E-state index contributed by atoms with van der Waals surface area (Å²) in [6, 6.07) is 7.88. The number of nitrogens with one attached hydrogen (secondary N) is 2. The SMILES string of the molecule is CCNC(=NCC(C)Oc1cccc(OC)c1)NCCC(CC)N1CCCC1=O. The van der Waals surface area contributed by atoms with Crippen LogP contribution in [0, 0.1) is 0 Å². The number of rotatable bonds is 11. The Hall–Kier alpha value is -2.44. The molecule has 0 spiro atoms. The van der Waals surface area contributed by atoms with Crippen LogP contribution in [0.15, 0.2) is 29.3 Å². The lowest BCUT2D eigenvalue weighted by molar-refractivity contribution is -0.129. The maximum absolute atomic E-state index is 12.0. The molecule has 1 amide bonds. The van der Waals surface area contributed by atoms with Crippen LogP contribution in [0.3, 0.4) is 0 Å². The number of hydrogen-bond donors (Lipinski definition) is 2. The van der Waals surface area contributed by atoms with E-state index < -0.39 is 0 Å². The normalized spacial score (nSPS) is 16.5. The summed E-state index contributed by atoms with van der Waals surface area (Å²) in [5.41, 5.74) is 0. The van der Waals surface area contributed by atoms with Crippen LogP contribution < -0.4 is 20.1 Å². The quantitative estimate of drug-likeness (QED) is 0.438. The van der Waals surface area contributed by atoms with Crippen molar-refractivity contribution in [3.05, 3.63) is 24.3 Å². The smallest absolute Gasteiger partial charge is 0.222 e. The van der Waals surface area contributed by atoms with Gasteiger partial charge in [0, 0.05) is 38.2 Å². The maximum atomic E-state index is 12.0. The Morgan fingerprint density at radius 2 is 2.07 bits per heavy atom. The van der Waals surface area contributed by atoms with E-state index in [0.29, 0.717) is 24.9 Å². The van der Waals surface area contributed by atoms with E-state index in [-0.39, 0.29) is 6.10 Å². The molecule has 0 aromatic heterocycles. The largest absolute Gasteiger partial charge is 0.497 e. The second-order valence-corrected chi connectivity index (χ2v) is 7.30. The van der Waals surface area contributed by atoms with Gasteiger partial charge in [-0.15, -0.1) is 0 Å². The number of ether oxygens (including phenoxy) is 2. The third kappa shape index (κ3) is 7.48. The van der Waals surface area contributed by atoms with Crippen molar-refractivity contribution >= 4 is 11.9 Å². The van der Waals surface area contributed by atoms with Gasteiger partial charge in [-0.25, -0.2) is 4.99 Å². The molecule has 2 unspecified atom stereocenters. The lowest BCUT2D eigenvalue weighted by Gasteiger charge is -2.27. The monoisotopic (exact) mass is 404 g/mol. The first kappa shape index (κ1) is 22.8. The first-order valence-corrected chi connectivity index (χ1v) is 10.7. The summed E-state index contributed by atoms with van der Waals surface area (Å²) in [6.45, 7) is 9.19. The van der Waals surface area contributed by atoms with E-state index in [4.69, 9.17) is 9.47 Å². The molecule has 1 fully saturated rings. The van der Waals surface area contributed by atoms with Gasteiger partial charge in [-0.1, -0.05) is 13.0 Å². The highest BCUT2D eigenvalue weighted by Gasteiger charge is 2.26. The number of carbonyl (C=O) groups excluding carboxylic acids is 1. The first-order chi connectivity index (χ1) is 14.1. The minimum absolute atomic E-state index is 0.0665. The molecular weight excluding hydrogens is 368 g/mol. The molecule has 1 saturated heterocycles. The Balaban J connectivity index is 1.82. The number of likely N-dealkylation sites (tertiary alicyclic amines) is 1. The second kappa shape index (κ2) is 12.2.